The minimum atomic E-state index is -1.44. The van der Waals surface area contributed by atoms with Crippen LogP contribution < -0.4 is 0 Å². The van der Waals surface area contributed by atoms with E-state index in [0.29, 0.717) is 25.1 Å². The van der Waals surface area contributed by atoms with Crippen LogP contribution in [0.2, 0.25) is 0 Å². The Bertz CT molecular complexity index is 498. The first kappa shape index (κ1) is 14.5. The van der Waals surface area contributed by atoms with Gasteiger partial charge < -0.3 is 15.1 Å². The lowest BCUT2D eigenvalue weighted by molar-refractivity contribution is -0.158. The van der Waals surface area contributed by atoms with Gasteiger partial charge in [0.2, 0.25) is 0 Å². The molecule has 1 aromatic carbocycles. The molecule has 1 aliphatic heterocycles. The minimum absolute atomic E-state index is 0.0230. The summed E-state index contributed by atoms with van der Waals surface area (Å²) in [6.45, 7) is 0.864. The van der Waals surface area contributed by atoms with Gasteiger partial charge in [0.25, 0.3) is 5.91 Å². The standard InChI is InChI=1S/C17H23NO3/c19-15-10-11-18(12-15)16(20)17(21,14-8-4-5-9-14)13-6-2-1-3-7-13/h1-3,6-7,14-15,19,21H,4-5,8-12H2. The molecular formula is C17H23NO3. The molecule has 1 aliphatic carbocycles. The fourth-order valence-electron chi connectivity index (χ4n) is 3.74. The number of likely N-dealkylation sites (tertiary alicyclic amines) is 1. The molecule has 1 saturated heterocycles. The topological polar surface area (TPSA) is 60.8 Å². The summed E-state index contributed by atoms with van der Waals surface area (Å²) in [5.41, 5.74) is -0.759. The Labute approximate surface area is 125 Å². The first-order chi connectivity index (χ1) is 10.1. The maximum absolute atomic E-state index is 13.0. The summed E-state index contributed by atoms with van der Waals surface area (Å²) >= 11 is 0. The van der Waals surface area contributed by atoms with Crippen LogP contribution >= 0.6 is 0 Å². The van der Waals surface area contributed by atoms with Crippen molar-refractivity contribution >= 4 is 5.91 Å². The molecule has 2 atom stereocenters. The third-order valence-corrected chi connectivity index (χ3v) is 4.94. The average Bonchev–Trinajstić information content (AvgIpc) is 3.18. The number of carbonyl (C=O) groups excluding carboxylic acids is 1. The molecule has 114 valence electrons. The van der Waals surface area contributed by atoms with E-state index in [1.165, 1.54) is 0 Å². The first-order valence-corrected chi connectivity index (χ1v) is 7.87. The predicted octanol–water partition coefficient (Wildman–Crippen LogP) is 1.66. The molecule has 1 heterocycles. The number of nitrogens with zero attached hydrogens (tertiary/aromatic N) is 1. The van der Waals surface area contributed by atoms with E-state index in [2.05, 4.69) is 0 Å². The lowest BCUT2D eigenvalue weighted by Crippen LogP contribution is -2.50. The Kier molecular flexibility index (Phi) is 4.00. The van der Waals surface area contributed by atoms with Crippen LogP contribution in [0.5, 0.6) is 0 Å². The molecule has 2 fully saturated rings. The summed E-state index contributed by atoms with van der Waals surface area (Å²) in [5, 5.41) is 21.0. The number of benzene rings is 1. The van der Waals surface area contributed by atoms with Gasteiger partial charge >= 0.3 is 0 Å². The average molecular weight is 289 g/mol. The van der Waals surface area contributed by atoms with E-state index in [0.717, 1.165) is 25.7 Å². The molecule has 0 aromatic heterocycles. The Morgan fingerprint density at radius 1 is 1.14 bits per heavy atom. The second-order valence-corrected chi connectivity index (χ2v) is 6.31. The molecule has 1 aromatic rings. The monoisotopic (exact) mass is 289 g/mol. The summed E-state index contributed by atoms with van der Waals surface area (Å²) in [5.74, 6) is -0.262. The smallest absolute Gasteiger partial charge is 0.259 e. The molecule has 4 nitrogen and oxygen atoms in total. The van der Waals surface area contributed by atoms with Crippen molar-refractivity contribution in [3.8, 4) is 0 Å². The SMILES string of the molecule is O=C(N1CCC(O)C1)C(O)(c1ccccc1)C1CCCC1. The van der Waals surface area contributed by atoms with Crippen LogP contribution in [-0.4, -0.2) is 40.2 Å². The highest BCUT2D eigenvalue weighted by Gasteiger charge is 2.49. The number of carbonyl (C=O) groups is 1. The fourth-order valence-corrected chi connectivity index (χ4v) is 3.74. The molecule has 1 amide bonds. The van der Waals surface area contributed by atoms with Gasteiger partial charge in [-0.15, -0.1) is 0 Å². The molecule has 4 heteroatoms. The summed E-state index contributed by atoms with van der Waals surface area (Å²) in [7, 11) is 0. The number of amides is 1. The van der Waals surface area contributed by atoms with E-state index in [9.17, 15) is 15.0 Å². The minimum Gasteiger partial charge on any atom is -0.391 e. The Hall–Kier alpha value is -1.39. The zero-order valence-electron chi connectivity index (χ0n) is 12.2. The summed E-state index contributed by atoms with van der Waals surface area (Å²) in [6.07, 6.45) is 4.03. The molecule has 1 saturated carbocycles. The normalized spacial score (nSPS) is 26.0. The maximum atomic E-state index is 13.0. The van der Waals surface area contributed by atoms with Crippen LogP contribution in [0.25, 0.3) is 0 Å². The van der Waals surface area contributed by atoms with E-state index in [1.807, 2.05) is 30.3 Å². The van der Waals surface area contributed by atoms with E-state index in [4.69, 9.17) is 0 Å². The largest absolute Gasteiger partial charge is 0.391 e. The van der Waals surface area contributed by atoms with Crippen molar-refractivity contribution in [3.63, 3.8) is 0 Å². The second-order valence-electron chi connectivity index (χ2n) is 6.31. The van der Waals surface area contributed by atoms with Gasteiger partial charge in [-0.25, -0.2) is 0 Å². The van der Waals surface area contributed by atoms with Crippen molar-refractivity contribution in [1.29, 1.82) is 0 Å². The van der Waals surface area contributed by atoms with E-state index in [-0.39, 0.29) is 11.8 Å². The van der Waals surface area contributed by atoms with Crippen molar-refractivity contribution in [1.82, 2.24) is 4.90 Å². The van der Waals surface area contributed by atoms with Crippen LogP contribution in [-0.2, 0) is 10.4 Å². The fraction of sp³-hybridized carbons (Fsp3) is 0.588. The number of rotatable bonds is 3. The van der Waals surface area contributed by atoms with Gasteiger partial charge in [0, 0.05) is 19.0 Å². The molecule has 0 bridgehead atoms. The van der Waals surface area contributed by atoms with Crippen LogP contribution in [0.3, 0.4) is 0 Å². The Balaban J connectivity index is 1.94. The molecule has 0 spiro atoms. The number of hydrogen-bond donors (Lipinski definition) is 2. The van der Waals surface area contributed by atoms with Gasteiger partial charge in [-0.2, -0.15) is 0 Å². The number of aliphatic hydroxyl groups is 2. The molecule has 2 N–H and O–H groups in total. The van der Waals surface area contributed by atoms with Crippen LogP contribution in [0.15, 0.2) is 30.3 Å². The van der Waals surface area contributed by atoms with Gasteiger partial charge in [-0.05, 0) is 24.8 Å². The number of aliphatic hydroxyl groups excluding tert-OH is 1. The van der Waals surface area contributed by atoms with Gasteiger partial charge in [-0.3, -0.25) is 4.79 Å². The summed E-state index contributed by atoms with van der Waals surface area (Å²) in [6, 6.07) is 9.29. The van der Waals surface area contributed by atoms with E-state index >= 15 is 0 Å². The Morgan fingerprint density at radius 3 is 2.38 bits per heavy atom. The lowest BCUT2D eigenvalue weighted by atomic mass is 9.79. The highest BCUT2D eigenvalue weighted by Crippen LogP contribution is 2.42. The number of hydrogen-bond acceptors (Lipinski definition) is 3. The van der Waals surface area contributed by atoms with E-state index < -0.39 is 11.7 Å². The van der Waals surface area contributed by atoms with Crippen molar-refractivity contribution in [3.05, 3.63) is 35.9 Å². The lowest BCUT2D eigenvalue weighted by Gasteiger charge is -2.36. The molecule has 21 heavy (non-hydrogen) atoms. The van der Waals surface area contributed by atoms with Crippen molar-refractivity contribution < 1.29 is 15.0 Å². The molecule has 3 rings (SSSR count). The van der Waals surface area contributed by atoms with Crippen molar-refractivity contribution in [2.75, 3.05) is 13.1 Å². The summed E-state index contributed by atoms with van der Waals surface area (Å²) < 4.78 is 0. The highest BCUT2D eigenvalue weighted by molar-refractivity contribution is 5.87. The highest BCUT2D eigenvalue weighted by atomic mass is 16.3. The zero-order valence-corrected chi connectivity index (χ0v) is 12.2. The van der Waals surface area contributed by atoms with E-state index in [1.54, 1.807) is 4.90 Å². The number of β-amino-alcohol motifs (C(OH)–C–C–N with tert-alkyl or cyclic N) is 1. The van der Waals surface area contributed by atoms with Crippen LogP contribution in [0, 0.1) is 5.92 Å². The van der Waals surface area contributed by atoms with Gasteiger partial charge in [0.15, 0.2) is 5.60 Å². The predicted molar refractivity (Wildman–Crippen MR) is 79.5 cm³/mol. The molecule has 2 aliphatic rings. The van der Waals surface area contributed by atoms with Gasteiger partial charge in [0.05, 0.1) is 6.10 Å². The maximum Gasteiger partial charge on any atom is 0.259 e. The van der Waals surface area contributed by atoms with Crippen LogP contribution in [0.4, 0.5) is 0 Å². The third kappa shape index (κ3) is 2.58. The van der Waals surface area contributed by atoms with Gasteiger partial charge in [0.1, 0.15) is 0 Å². The Morgan fingerprint density at radius 2 is 1.81 bits per heavy atom. The first-order valence-electron chi connectivity index (χ1n) is 7.87. The van der Waals surface area contributed by atoms with Crippen molar-refractivity contribution in [2.24, 2.45) is 5.92 Å². The quantitative estimate of drug-likeness (QED) is 0.889. The molecule has 0 radical (unpaired) electrons. The second kappa shape index (κ2) is 5.78. The van der Waals surface area contributed by atoms with Gasteiger partial charge in [-0.1, -0.05) is 43.2 Å². The molecule has 2 unspecified atom stereocenters. The third-order valence-electron chi connectivity index (χ3n) is 4.94. The molecular weight excluding hydrogens is 266 g/mol. The van der Waals surface area contributed by atoms with Crippen LogP contribution in [0.1, 0.15) is 37.7 Å². The van der Waals surface area contributed by atoms with Crippen molar-refractivity contribution in [2.45, 2.75) is 43.8 Å². The summed E-state index contributed by atoms with van der Waals surface area (Å²) in [4.78, 5) is 14.6. The zero-order chi connectivity index (χ0) is 14.9.